The standard InChI is InChI=1S/C26H28N4O4S/c1-18-5-10-21(11-6-18)30(35(33,34)22-12-7-19(2)8-13-22)16-15-25(31)27-20-9-14-23-24(17-20)29(4)26(32)28(23)3/h5-14,17H,15-16H2,1-4H3,(H,27,31). The maximum absolute atomic E-state index is 13.5. The summed E-state index contributed by atoms with van der Waals surface area (Å²) >= 11 is 0. The average Bonchev–Trinajstić information content (AvgIpc) is 3.04. The van der Waals surface area contributed by atoms with Gasteiger partial charge in [-0.25, -0.2) is 13.2 Å². The molecule has 0 bridgehead atoms. The number of fused-ring (bicyclic) bond motifs is 1. The smallest absolute Gasteiger partial charge is 0.326 e. The molecule has 0 saturated carbocycles. The lowest BCUT2D eigenvalue weighted by Gasteiger charge is -2.24. The van der Waals surface area contributed by atoms with Crippen molar-refractivity contribution in [3.8, 4) is 0 Å². The summed E-state index contributed by atoms with van der Waals surface area (Å²) in [7, 11) is -0.512. The van der Waals surface area contributed by atoms with E-state index in [1.165, 1.54) is 13.4 Å². The predicted octanol–water partition coefficient (Wildman–Crippen LogP) is 3.72. The Morgan fingerprint density at radius 1 is 0.857 bits per heavy atom. The number of benzene rings is 3. The SMILES string of the molecule is Cc1ccc(N(CCC(=O)Nc2ccc3c(c2)n(C)c(=O)n3C)S(=O)(=O)c2ccc(C)cc2)cc1. The van der Waals surface area contributed by atoms with Gasteiger partial charge in [-0.2, -0.15) is 0 Å². The van der Waals surface area contributed by atoms with Gasteiger partial charge in [0, 0.05) is 32.7 Å². The van der Waals surface area contributed by atoms with Crippen molar-refractivity contribution in [3.05, 3.63) is 88.3 Å². The van der Waals surface area contributed by atoms with Crippen LogP contribution in [0.2, 0.25) is 0 Å². The van der Waals surface area contributed by atoms with E-state index in [-0.39, 0.29) is 29.5 Å². The Bertz CT molecular complexity index is 1550. The van der Waals surface area contributed by atoms with Crippen LogP contribution in [0.15, 0.2) is 76.4 Å². The van der Waals surface area contributed by atoms with Crippen molar-refractivity contribution < 1.29 is 13.2 Å². The Hall–Kier alpha value is -3.85. The van der Waals surface area contributed by atoms with Crippen LogP contribution in [0.1, 0.15) is 17.5 Å². The molecule has 182 valence electrons. The molecule has 0 fully saturated rings. The van der Waals surface area contributed by atoms with E-state index in [2.05, 4.69) is 5.32 Å². The van der Waals surface area contributed by atoms with Gasteiger partial charge in [-0.05, 0) is 56.3 Å². The number of aromatic nitrogens is 2. The van der Waals surface area contributed by atoms with Crippen LogP contribution in [0.3, 0.4) is 0 Å². The lowest BCUT2D eigenvalue weighted by molar-refractivity contribution is -0.116. The molecule has 1 heterocycles. The van der Waals surface area contributed by atoms with E-state index in [0.29, 0.717) is 16.9 Å². The molecule has 0 aliphatic rings. The molecule has 0 saturated heterocycles. The van der Waals surface area contributed by atoms with Crippen molar-refractivity contribution in [2.45, 2.75) is 25.2 Å². The van der Waals surface area contributed by atoms with Gasteiger partial charge in [-0.3, -0.25) is 18.2 Å². The van der Waals surface area contributed by atoms with Crippen LogP contribution in [-0.2, 0) is 28.9 Å². The molecule has 0 spiro atoms. The second-order valence-electron chi connectivity index (χ2n) is 8.63. The number of nitrogens with zero attached hydrogens (tertiary/aromatic N) is 3. The number of carbonyl (C=O) groups excluding carboxylic acids is 1. The van der Waals surface area contributed by atoms with Crippen LogP contribution >= 0.6 is 0 Å². The van der Waals surface area contributed by atoms with Gasteiger partial charge in [0.2, 0.25) is 5.91 Å². The molecule has 1 N–H and O–H groups in total. The second kappa shape index (κ2) is 9.42. The summed E-state index contributed by atoms with van der Waals surface area (Å²) in [6.07, 6.45) is -0.0509. The summed E-state index contributed by atoms with van der Waals surface area (Å²) in [5.74, 6) is -0.332. The summed E-state index contributed by atoms with van der Waals surface area (Å²) in [5, 5.41) is 2.82. The maximum Gasteiger partial charge on any atom is 0.328 e. The van der Waals surface area contributed by atoms with Gasteiger partial charge >= 0.3 is 5.69 Å². The molecule has 3 aromatic carbocycles. The van der Waals surface area contributed by atoms with Gasteiger partial charge < -0.3 is 5.32 Å². The minimum Gasteiger partial charge on any atom is -0.326 e. The third-order valence-electron chi connectivity index (χ3n) is 6.03. The molecule has 0 atom stereocenters. The van der Waals surface area contributed by atoms with E-state index in [1.54, 1.807) is 68.7 Å². The number of hydrogen-bond donors (Lipinski definition) is 1. The van der Waals surface area contributed by atoms with Crippen molar-refractivity contribution in [1.29, 1.82) is 0 Å². The number of anilines is 2. The zero-order chi connectivity index (χ0) is 25.3. The van der Waals surface area contributed by atoms with Crippen molar-refractivity contribution >= 4 is 38.3 Å². The molecule has 35 heavy (non-hydrogen) atoms. The maximum atomic E-state index is 13.5. The number of nitrogens with one attached hydrogen (secondary N) is 1. The van der Waals surface area contributed by atoms with E-state index in [4.69, 9.17) is 0 Å². The lowest BCUT2D eigenvalue weighted by atomic mass is 10.2. The molecule has 1 aromatic heterocycles. The largest absolute Gasteiger partial charge is 0.328 e. The number of carbonyl (C=O) groups is 1. The molecule has 4 rings (SSSR count). The molecular weight excluding hydrogens is 464 g/mol. The van der Waals surface area contributed by atoms with Crippen LogP contribution in [-0.4, -0.2) is 30.0 Å². The van der Waals surface area contributed by atoms with Crippen molar-refractivity contribution in [3.63, 3.8) is 0 Å². The summed E-state index contributed by atoms with van der Waals surface area (Å²) in [6, 6.07) is 19.0. The molecule has 0 aliphatic heterocycles. The van der Waals surface area contributed by atoms with E-state index >= 15 is 0 Å². The monoisotopic (exact) mass is 492 g/mol. The summed E-state index contributed by atoms with van der Waals surface area (Å²) < 4.78 is 31.3. The number of aryl methyl sites for hydroxylation is 4. The molecule has 0 aliphatic carbocycles. The van der Waals surface area contributed by atoms with Crippen molar-refractivity contribution in [2.24, 2.45) is 14.1 Å². The van der Waals surface area contributed by atoms with E-state index < -0.39 is 10.0 Å². The zero-order valence-electron chi connectivity index (χ0n) is 20.1. The van der Waals surface area contributed by atoms with Crippen LogP contribution in [0.4, 0.5) is 11.4 Å². The van der Waals surface area contributed by atoms with Gasteiger partial charge in [-0.1, -0.05) is 35.4 Å². The second-order valence-corrected chi connectivity index (χ2v) is 10.5. The van der Waals surface area contributed by atoms with Gasteiger partial charge in [-0.15, -0.1) is 0 Å². The van der Waals surface area contributed by atoms with Crippen molar-refractivity contribution in [1.82, 2.24) is 9.13 Å². The first-order chi connectivity index (χ1) is 16.6. The molecule has 0 unspecified atom stereocenters. The molecule has 9 heteroatoms. The van der Waals surface area contributed by atoms with Gasteiger partial charge in [0.25, 0.3) is 10.0 Å². The first kappa shape index (κ1) is 24.3. The number of imidazole rings is 1. The third kappa shape index (κ3) is 4.85. The highest BCUT2D eigenvalue weighted by atomic mass is 32.2. The fourth-order valence-corrected chi connectivity index (χ4v) is 5.41. The number of amides is 1. The lowest BCUT2D eigenvalue weighted by Crippen LogP contribution is -2.34. The van der Waals surface area contributed by atoms with E-state index in [9.17, 15) is 18.0 Å². The highest BCUT2D eigenvalue weighted by molar-refractivity contribution is 7.92. The van der Waals surface area contributed by atoms with Crippen molar-refractivity contribution in [2.75, 3.05) is 16.2 Å². The van der Waals surface area contributed by atoms with E-state index in [1.807, 2.05) is 26.0 Å². The highest BCUT2D eigenvalue weighted by Crippen LogP contribution is 2.25. The number of sulfonamides is 1. The average molecular weight is 493 g/mol. The zero-order valence-corrected chi connectivity index (χ0v) is 21.0. The Kier molecular flexibility index (Phi) is 6.53. The summed E-state index contributed by atoms with van der Waals surface area (Å²) in [6.45, 7) is 3.79. The first-order valence-electron chi connectivity index (χ1n) is 11.2. The molecule has 4 aromatic rings. The van der Waals surface area contributed by atoms with Crippen LogP contribution in [0, 0.1) is 13.8 Å². The Morgan fingerprint density at radius 2 is 1.43 bits per heavy atom. The fraction of sp³-hybridized carbons (Fsp3) is 0.231. The topological polar surface area (TPSA) is 93.4 Å². The van der Waals surface area contributed by atoms with Gasteiger partial charge in [0.15, 0.2) is 0 Å². The first-order valence-corrected chi connectivity index (χ1v) is 12.6. The molecule has 8 nitrogen and oxygen atoms in total. The van der Waals surface area contributed by atoms with Gasteiger partial charge in [0.1, 0.15) is 0 Å². The number of hydrogen-bond acceptors (Lipinski definition) is 4. The van der Waals surface area contributed by atoms with E-state index in [0.717, 1.165) is 16.6 Å². The van der Waals surface area contributed by atoms with Crippen LogP contribution in [0.5, 0.6) is 0 Å². The quantitative estimate of drug-likeness (QED) is 0.426. The third-order valence-corrected chi connectivity index (χ3v) is 7.87. The fourth-order valence-electron chi connectivity index (χ4n) is 3.95. The van der Waals surface area contributed by atoms with Crippen LogP contribution in [0.25, 0.3) is 11.0 Å². The predicted molar refractivity (Wildman–Crippen MR) is 138 cm³/mol. The molecular formula is C26H28N4O4S. The minimum atomic E-state index is -3.88. The summed E-state index contributed by atoms with van der Waals surface area (Å²) in [4.78, 5) is 25.1. The highest BCUT2D eigenvalue weighted by Gasteiger charge is 2.25. The minimum absolute atomic E-state index is 0.0306. The Labute approximate surface area is 204 Å². The Balaban J connectivity index is 1.57. The van der Waals surface area contributed by atoms with Gasteiger partial charge in [0.05, 0.1) is 21.6 Å². The molecule has 1 amide bonds. The molecule has 0 radical (unpaired) electrons. The summed E-state index contributed by atoms with van der Waals surface area (Å²) in [5.41, 5.74) is 4.28. The number of rotatable bonds is 7. The van der Waals surface area contributed by atoms with Crippen LogP contribution < -0.4 is 15.3 Å². The Morgan fingerprint density at radius 3 is 2.06 bits per heavy atom. The normalized spacial score (nSPS) is 11.5.